The average Bonchev–Trinajstić information content (AvgIpc) is 2.76. The number of nitrogens with zero attached hydrogens (tertiary/aromatic N) is 4. The molecule has 2 aromatic rings. The van der Waals surface area contributed by atoms with Crippen molar-refractivity contribution < 1.29 is 0 Å². The van der Waals surface area contributed by atoms with E-state index in [1.807, 2.05) is 6.33 Å². The molecule has 1 aromatic heterocycles. The third kappa shape index (κ3) is 2.40. The highest BCUT2D eigenvalue weighted by Crippen LogP contribution is 2.16. The Hall–Kier alpha value is -1.20. The Morgan fingerprint density at radius 3 is 3.12 bits per heavy atom. The predicted octanol–water partition coefficient (Wildman–Crippen LogP) is 2.06. The molecule has 17 heavy (non-hydrogen) atoms. The van der Waals surface area contributed by atoms with Crippen molar-refractivity contribution in [1.82, 2.24) is 19.7 Å². The van der Waals surface area contributed by atoms with Crippen LogP contribution in [0.2, 0.25) is 0 Å². The Balaban J connectivity index is 1.72. The lowest BCUT2D eigenvalue weighted by Crippen LogP contribution is -2.33. The van der Waals surface area contributed by atoms with Crippen molar-refractivity contribution in [3.05, 3.63) is 46.5 Å². The summed E-state index contributed by atoms with van der Waals surface area (Å²) in [4.78, 5) is 2.39. The molecule has 0 atom stereocenters. The molecule has 5 heteroatoms. The number of halogens is 1. The van der Waals surface area contributed by atoms with Crippen LogP contribution in [0.5, 0.6) is 0 Å². The molecule has 0 unspecified atom stereocenters. The Morgan fingerprint density at radius 2 is 2.24 bits per heavy atom. The van der Waals surface area contributed by atoms with Gasteiger partial charge in [0.2, 0.25) is 0 Å². The Morgan fingerprint density at radius 1 is 1.29 bits per heavy atom. The largest absolute Gasteiger partial charge is 0.315 e. The first-order valence-corrected chi connectivity index (χ1v) is 6.44. The molecule has 0 radical (unpaired) electrons. The van der Waals surface area contributed by atoms with Gasteiger partial charge in [0.1, 0.15) is 12.2 Å². The first-order valence-electron chi connectivity index (χ1n) is 5.65. The highest BCUT2D eigenvalue weighted by atomic mass is 79.9. The van der Waals surface area contributed by atoms with Gasteiger partial charge in [0.15, 0.2) is 0 Å². The second-order valence-electron chi connectivity index (χ2n) is 4.28. The Bertz CT molecular complexity index is 523. The van der Waals surface area contributed by atoms with Gasteiger partial charge < -0.3 is 4.57 Å². The minimum absolute atomic E-state index is 0.881. The minimum atomic E-state index is 0.881. The third-order valence-electron chi connectivity index (χ3n) is 3.01. The van der Waals surface area contributed by atoms with E-state index in [1.165, 1.54) is 5.56 Å². The SMILES string of the molecule is Brc1cccc(CN2CCn3cnnc3C2)c1. The zero-order valence-corrected chi connectivity index (χ0v) is 11.0. The maximum Gasteiger partial charge on any atom is 0.147 e. The lowest BCUT2D eigenvalue weighted by molar-refractivity contribution is 0.209. The molecule has 0 saturated carbocycles. The van der Waals surface area contributed by atoms with Crippen LogP contribution in [0.15, 0.2) is 35.1 Å². The number of fused-ring (bicyclic) bond motifs is 1. The van der Waals surface area contributed by atoms with E-state index < -0.39 is 0 Å². The lowest BCUT2D eigenvalue weighted by Gasteiger charge is -2.26. The van der Waals surface area contributed by atoms with E-state index in [2.05, 4.69) is 59.9 Å². The van der Waals surface area contributed by atoms with Crippen LogP contribution in [0.4, 0.5) is 0 Å². The first-order chi connectivity index (χ1) is 8.31. The zero-order chi connectivity index (χ0) is 11.7. The Kier molecular flexibility index (Phi) is 2.94. The summed E-state index contributed by atoms with van der Waals surface area (Å²) >= 11 is 3.50. The molecule has 0 spiro atoms. The topological polar surface area (TPSA) is 34.0 Å². The van der Waals surface area contributed by atoms with Crippen LogP contribution < -0.4 is 0 Å². The zero-order valence-electron chi connectivity index (χ0n) is 9.38. The van der Waals surface area contributed by atoms with Gasteiger partial charge in [-0.1, -0.05) is 28.1 Å². The van der Waals surface area contributed by atoms with Gasteiger partial charge in [0.25, 0.3) is 0 Å². The first kappa shape index (κ1) is 10.9. The van der Waals surface area contributed by atoms with Gasteiger partial charge in [-0.2, -0.15) is 0 Å². The fourth-order valence-corrected chi connectivity index (χ4v) is 2.59. The van der Waals surface area contributed by atoms with Crippen molar-refractivity contribution in [2.75, 3.05) is 6.54 Å². The number of rotatable bonds is 2. The van der Waals surface area contributed by atoms with Crippen LogP contribution in [-0.2, 0) is 19.6 Å². The maximum atomic E-state index is 4.13. The van der Waals surface area contributed by atoms with E-state index in [4.69, 9.17) is 0 Å². The summed E-state index contributed by atoms with van der Waals surface area (Å²) in [7, 11) is 0. The highest BCUT2D eigenvalue weighted by Gasteiger charge is 2.17. The van der Waals surface area contributed by atoms with Gasteiger partial charge >= 0.3 is 0 Å². The molecule has 88 valence electrons. The van der Waals surface area contributed by atoms with Crippen molar-refractivity contribution >= 4 is 15.9 Å². The summed E-state index contributed by atoms with van der Waals surface area (Å²) in [5.41, 5.74) is 1.33. The molecule has 1 aromatic carbocycles. The van der Waals surface area contributed by atoms with Gasteiger partial charge in [0.05, 0.1) is 6.54 Å². The minimum Gasteiger partial charge on any atom is -0.315 e. The van der Waals surface area contributed by atoms with Crippen molar-refractivity contribution in [2.45, 2.75) is 19.6 Å². The van der Waals surface area contributed by atoms with Crippen LogP contribution in [0.1, 0.15) is 11.4 Å². The standard InChI is InChI=1S/C12H13BrN4/c13-11-3-1-2-10(6-11)7-16-4-5-17-9-14-15-12(17)8-16/h1-3,6,9H,4-5,7-8H2. The molecule has 0 saturated heterocycles. The summed E-state index contributed by atoms with van der Waals surface area (Å²) in [6.45, 7) is 3.88. The van der Waals surface area contributed by atoms with Crippen LogP contribution in [0.3, 0.4) is 0 Å². The van der Waals surface area contributed by atoms with Crippen LogP contribution in [0.25, 0.3) is 0 Å². The summed E-state index contributed by atoms with van der Waals surface area (Å²) in [5, 5.41) is 8.07. The van der Waals surface area contributed by atoms with E-state index in [0.29, 0.717) is 0 Å². The Labute approximate surface area is 108 Å². The molecule has 0 N–H and O–H groups in total. The molecule has 0 aliphatic carbocycles. The van der Waals surface area contributed by atoms with E-state index in [-0.39, 0.29) is 0 Å². The summed E-state index contributed by atoms with van der Waals surface area (Å²) in [6, 6.07) is 8.45. The average molecular weight is 293 g/mol. The van der Waals surface area contributed by atoms with Gasteiger partial charge in [-0.15, -0.1) is 10.2 Å². The number of aromatic nitrogens is 3. The molecule has 1 aliphatic rings. The molecule has 0 bridgehead atoms. The highest BCUT2D eigenvalue weighted by molar-refractivity contribution is 9.10. The van der Waals surface area contributed by atoms with Crippen LogP contribution >= 0.6 is 15.9 Å². The van der Waals surface area contributed by atoms with E-state index in [1.54, 1.807) is 0 Å². The van der Waals surface area contributed by atoms with E-state index in [9.17, 15) is 0 Å². The summed E-state index contributed by atoms with van der Waals surface area (Å²) in [5.74, 6) is 1.06. The van der Waals surface area contributed by atoms with Gasteiger partial charge in [-0.05, 0) is 17.7 Å². The maximum absolute atomic E-state index is 4.13. The van der Waals surface area contributed by atoms with Crippen molar-refractivity contribution in [3.63, 3.8) is 0 Å². The van der Waals surface area contributed by atoms with Gasteiger partial charge in [-0.25, -0.2) is 0 Å². The molecule has 2 heterocycles. The fourth-order valence-electron chi connectivity index (χ4n) is 2.14. The quantitative estimate of drug-likeness (QED) is 0.850. The lowest BCUT2D eigenvalue weighted by atomic mass is 10.2. The molecule has 4 nitrogen and oxygen atoms in total. The van der Waals surface area contributed by atoms with E-state index >= 15 is 0 Å². The van der Waals surface area contributed by atoms with Gasteiger partial charge in [0, 0.05) is 24.1 Å². The molecular weight excluding hydrogens is 280 g/mol. The second kappa shape index (κ2) is 4.58. The fraction of sp³-hybridized carbons (Fsp3) is 0.333. The van der Waals surface area contributed by atoms with Crippen LogP contribution in [-0.4, -0.2) is 26.2 Å². The van der Waals surface area contributed by atoms with Crippen molar-refractivity contribution in [1.29, 1.82) is 0 Å². The number of hydrogen-bond donors (Lipinski definition) is 0. The number of hydrogen-bond acceptors (Lipinski definition) is 3. The monoisotopic (exact) mass is 292 g/mol. The molecular formula is C12H13BrN4. The normalized spacial score (nSPS) is 15.8. The third-order valence-corrected chi connectivity index (χ3v) is 3.51. The van der Waals surface area contributed by atoms with Crippen LogP contribution in [0, 0.1) is 0 Å². The molecule has 1 aliphatic heterocycles. The number of benzene rings is 1. The molecule has 3 rings (SSSR count). The smallest absolute Gasteiger partial charge is 0.147 e. The molecule has 0 fully saturated rings. The summed E-state index contributed by atoms with van der Waals surface area (Å²) in [6.07, 6.45) is 1.81. The molecule has 0 amide bonds. The predicted molar refractivity (Wildman–Crippen MR) is 68.3 cm³/mol. The van der Waals surface area contributed by atoms with Crippen molar-refractivity contribution in [3.8, 4) is 0 Å². The van der Waals surface area contributed by atoms with Crippen molar-refractivity contribution in [2.24, 2.45) is 0 Å². The van der Waals surface area contributed by atoms with Gasteiger partial charge in [-0.3, -0.25) is 4.90 Å². The second-order valence-corrected chi connectivity index (χ2v) is 5.20. The summed E-state index contributed by atoms with van der Waals surface area (Å²) < 4.78 is 3.26. The van der Waals surface area contributed by atoms with E-state index in [0.717, 1.165) is 36.5 Å².